The number of hydrogen-bond donors (Lipinski definition) is 2. The van der Waals surface area contributed by atoms with Gasteiger partial charge < -0.3 is 14.8 Å². The van der Waals surface area contributed by atoms with Crippen LogP contribution in [0.2, 0.25) is 5.02 Å². The molecule has 10 heteroatoms. The van der Waals surface area contributed by atoms with E-state index < -0.39 is 34.9 Å². The molecule has 6 nitrogen and oxygen atoms in total. The first kappa shape index (κ1) is 24.3. The van der Waals surface area contributed by atoms with Crippen LogP contribution in [-0.4, -0.2) is 27.8 Å². The van der Waals surface area contributed by atoms with E-state index in [0.717, 1.165) is 12.1 Å². The Morgan fingerprint density at radius 2 is 1.73 bits per heavy atom. The minimum atomic E-state index is -4.66. The Labute approximate surface area is 191 Å². The van der Waals surface area contributed by atoms with Crippen molar-refractivity contribution in [2.24, 2.45) is 5.41 Å². The van der Waals surface area contributed by atoms with Crippen LogP contribution in [0, 0.1) is 5.41 Å². The van der Waals surface area contributed by atoms with E-state index in [1.807, 2.05) is 0 Å². The fraction of sp³-hybridized carbons (Fsp3) is 0.261. The standard InChI is InChI=1S/C23H19ClF3NO5/c1-3-22(4-2,20(30)31)21(32)33-19-15-9-8-14(24)11-16(15)28-17(19)18(29)12-6-5-7-13(10-12)23(25,26)27/h5-11,28H,3-4H2,1-2H3,(H,30,31). The van der Waals surface area contributed by atoms with E-state index >= 15 is 0 Å². The van der Waals surface area contributed by atoms with Gasteiger partial charge >= 0.3 is 18.1 Å². The summed E-state index contributed by atoms with van der Waals surface area (Å²) in [7, 11) is 0. The number of rotatable bonds is 7. The van der Waals surface area contributed by atoms with Crippen molar-refractivity contribution < 1.29 is 37.4 Å². The molecule has 0 unspecified atom stereocenters. The summed E-state index contributed by atoms with van der Waals surface area (Å²) in [6.07, 6.45) is -4.80. The number of alkyl halides is 3. The molecule has 1 heterocycles. The third-order valence-corrected chi connectivity index (χ3v) is 5.83. The normalized spacial score (nSPS) is 12.1. The van der Waals surface area contributed by atoms with Gasteiger partial charge in [-0.05, 0) is 43.2 Å². The van der Waals surface area contributed by atoms with Gasteiger partial charge in [-0.15, -0.1) is 0 Å². The first-order valence-corrected chi connectivity index (χ1v) is 10.3. The van der Waals surface area contributed by atoms with E-state index in [9.17, 15) is 32.7 Å². The molecule has 1 aromatic heterocycles. The number of esters is 1. The second kappa shape index (κ2) is 8.90. The monoisotopic (exact) mass is 481 g/mol. The van der Waals surface area contributed by atoms with Crippen molar-refractivity contribution in [2.45, 2.75) is 32.9 Å². The largest absolute Gasteiger partial charge is 0.480 e. The number of carboxylic acid groups (broad SMARTS) is 1. The van der Waals surface area contributed by atoms with Crippen LogP contribution in [0.25, 0.3) is 10.9 Å². The summed E-state index contributed by atoms with van der Waals surface area (Å²) in [5.41, 5.74) is -3.18. The molecule has 33 heavy (non-hydrogen) atoms. The zero-order valence-corrected chi connectivity index (χ0v) is 18.3. The Kier molecular flexibility index (Phi) is 6.56. The molecule has 0 aliphatic heterocycles. The summed E-state index contributed by atoms with van der Waals surface area (Å²) in [5, 5.41) is 10.2. The summed E-state index contributed by atoms with van der Waals surface area (Å²) < 4.78 is 44.8. The van der Waals surface area contributed by atoms with Crippen molar-refractivity contribution in [3.8, 4) is 5.75 Å². The maximum Gasteiger partial charge on any atom is 0.416 e. The Morgan fingerprint density at radius 1 is 1.06 bits per heavy atom. The topological polar surface area (TPSA) is 96.5 Å². The van der Waals surface area contributed by atoms with Crippen LogP contribution in [0.1, 0.15) is 48.3 Å². The molecule has 0 saturated carbocycles. The minimum Gasteiger partial charge on any atom is -0.480 e. The minimum absolute atomic E-state index is 0.0667. The van der Waals surface area contributed by atoms with Crippen LogP contribution >= 0.6 is 11.6 Å². The van der Waals surface area contributed by atoms with Gasteiger partial charge in [0, 0.05) is 16.0 Å². The van der Waals surface area contributed by atoms with Gasteiger partial charge in [-0.2, -0.15) is 13.2 Å². The van der Waals surface area contributed by atoms with Crippen molar-refractivity contribution >= 4 is 40.2 Å². The number of halogens is 4. The van der Waals surface area contributed by atoms with Crippen LogP contribution in [0.15, 0.2) is 42.5 Å². The number of ether oxygens (including phenoxy) is 1. The van der Waals surface area contributed by atoms with Gasteiger partial charge in [-0.3, -0.25) is 14.4 Å². The quantitative estimate of drug-likeness (QED) is 0.250. The Balaban J connectivity index is 2.15. The predicted octanol–water partition coefficient (Wildman–Crippen LogP) is 5.87. The second-order valence-corrected chi connectivity index (χ2v) is 7.85. The molecule has 2 N–H and O–H groups in total. The molecular formula is C23H19ClF3NO5. The SMILES string of the molecule is CCC(CC)(C(=O)O)C(=O)Oc1c(C(=O)c2cccc(C(F)(F)F)c2)[nH]c2cc(Cl)ccc12. The summed E-state index contributed by atoms with van der Waals surface area (Å²) in [6.45, 7) is 3.03. The zero-order valence-electron chi connectivity index (χ0n) is 17.5. The highest BCUT2D eigenvalue weighted by Crippen LogP contribution is 2.37. The number of hydrogen-bond acceptors (Lipinski definition) is 4. The van der Waals surface area contributed by atoms with E-state index in [1.165, 1.54) is 38.1 Å². The molecule has 0 bridgehead atoms. The number of carbonyl (C=O) groups excluding carboxylic acids is 2. The number of nitrogens with one attached hydrogen (secondary N) is 1. The molecule has 3 rings (SSSR count). The van der Waals surface area contributed by atoms with Gasteiger partial charge in [-0.25, -0.2) is 0 Å². The lowest BCUT2D eigenvalue weighted by molar-refractivity contribution is -0.163. The van der Waals surface area contributed by atoms with Gasteiger partial charge in [0.15, 0.2) is 11.2 Å². The number of carbonyl (C=O) groups is 3. The van der Waals surface area contributed by atoms with Gasteiger partial charge in [0.25, 0.3) is 0 Å². The molecule has 2 aromatic carbocycles. The number of ketones is 1. The molecule has 0 saturated heterocycles. The van der Waals surface area contributed by atoms with Crippen molar-refractivity contribution in [1.82, 2.24) is 4.98 Å². The van der Waals surface area contributed by atoms with Crippen LogP contribution in [0.5, 0.6) is 5.75 Å². The Bertz CT molecular complexity index is 1240. The molecule has 0 amide bonds. The first-order valence-electron chi connectivity index (χ1n) is 9.93. The molecule has 3 aromatic rings. The summed E-state index contributed by atoms with van der Waals surface area (Å²) in [6, 6.07) is 8.17. The zero-order chi connectivity index (χ0) is 24.6. The number of benzene rings is 2. The Morgan fingerprint density at radius 3 is 2.30 bits per heavy atom. The van der Waals surface area contributed by atoms with Crippen molar-refractivity contribution in [3.05, 3.63) is 64.3 Å². The van der Waals surface area contributed by atoms with E-state index in [0.29, 0.717) is 11.1 Å². The van der Waals surface area contributed by atoms with Gasteiger partial charge in [0.2, 0.25) is 5.78 Å². The molecule has 0 atom stereocenters. The summed E-state index contributed by atoms with van der Waals surface area (Å²) in [4.78, 5) is 40.7. The highest BCUT2D eigenvalue weighted by molar-refractivity contribution is 6.31. The lowest BCUT2D eigenvalue weighted by Crippen LogP contribution is -2.41. The van der Waals surface area contributed by atoms with Crippen molar-refractivity contribution in [3.63, 3.8) is 0 Å². The van der Waals surface area contributed by atoms with E-state index in [2.05, 4.69) is 4.98 Å². The van der Waals surface area contributed by atoms with E-state index in [1.54, 1.807) is 0 Å². The summed E-state index contributed by atoms with van der Waals surface area (Å²) in [5.74, 6) is -3.62. The summed E-state index contributed by atoms with van der Waals surface area (Å²) >= 11 is 6.00. The Hall–Kier alpha value is -3.33. The lowest BCUT2D eigenvalue weighted by atomic mass is 9.82. The fourth-order valence-electron chi connectivity index (χ4n) is 3.51. The van der Waals surface area contributed by atoms with Crippen LogP contribution in [0.4, 0.5) is 13.2 Å². The number of aromatic amines is 1. The molecule has 0 spiro atoms. The fourth-order valence-corrected chi connectivity index (χ4v) is 3.68. The van der Waals surface area contributed by atoms with Crippen molar-refractivity contribution in [2.75, 3.05) is 0 Å². The average molecular weight is 482 g/mol. The predicted molar refractivity (Wildman–Crippen MR) is 114 cm³/mol. The highest BCUT2D eigenvalue weighted by Gasteiger charge is 2.45. The third-order valence-electron chi connectivity index (χ3n) is 5.59. The average Bonchev–Trinajstić information content (AvgIpc) is 3.11. The van der Waals surface area contributed by atoms with E-state index in [-0.39, 0.29) is 40.8 Å². The smallest absolute Gasteiger partial charge is 0.416 e. The number of carboxylic acids is 1. The molecular weight excluding hydrogens is 463 g/mol. The number of aliphatic carboxylic acids is 1. The van der Waals surface area contributed by atoms with E-state index in [4.69, 9.17) is 16.3 Å². The van der Waals surface area contributed by atoms with Crippen LogP contribution in [-0.2, 0) is 15.8 Å². The number of H-pyrrole nitrogens is 1. The number of aromatic nitrogens is 1. The molecule has 0 fully saturated rings. The van der Waals surface area contributed by atoms with Gasteiger partial charge in [0.1, 0.15) is 5.69 Å². The van der Waals surface area contributed by atoms with Gasteiger partial charge in [0.05, 0.1) is 11.1 Å². The lowest BCUT2D eigenvalue weighted by Gasteiger charge is -2.24. The highest BCUT2D eigenvalue weighted by atomic mass is 35.5. The third kappa shape index (κ3) is 4.45. The van der Waals surface area contributed by atoms with Gasteiger partial charge in [-0.1, -0.05) is 37.6 Å². The molecule has 0 aliphatic rings. The molecule has 0 aliphatic carbocycles. The maximum atomic E-state index is 13.2. The van der Waals surface area contributed by atoms with Crippen molar-refractivity contribution in [1.29, 1.82) is 0 Å². The van der Waals surface area contributed by atoms with Crippen LogP contribution < -0.4 is 4.74 Å². The maximum absolute atomic E-state index is 13.2. The number of fused-ring (bicyclic) bond motifs is 1. The molecule has 174 valence electrons. The molecule has 0 radical (unpaired) electrons. The second-order valence-electron chi connectivity index (χ2n) is 7.41. The van der Waals surface area contributed by atoms with Crippen LogP contribution in [0.3, 0.4) is 0 Å². The first-order chi connectivity index (χ1) is 15.4.